The van der Waals surface area contributed by atoms with Gasteiger partial charge in [0.1, 0.15) is 0 Å². The summed E-state index contributed by atoms with van der Waals surface area (Å²) in [6, 6.07) is 18.5. The van der Waals surface area contributed by atoms with Gasteiger partial charge < -0.3 is 9.97 Å². The van der Waals surface area contributed by atoms with Crippen molar-refractivity contribution >= 4 is 46.4 Å². The maximum atomic E-state index is 4.76. The van der Waals surface area contributed by atoms with Crippen LogP contribution in [0.4, 0.5) is 0 Å². The van der Waals surface area contributed by atoms with Crippen LogP contribution in [0.3, 0.4) is 0 Å². The molecule has 4 aromatic heterocycles. The van der Waals surface area contributed by atoms with Crippen LogP contribution in [0.1, 0.15) is 22.8 Å². The van der Waals surface area contributed by atoms with Gasteiger partial charge in [-0.2, -0.15) is 0 Å². The molecule has 0 unspecified atom stereocenters. The molecule has 4 aromatic rings. The molecule has 0 aliphatic carbocycles. The van der Waals surface area contributed by atoms with E-state index in [1.165, 1.54) is 0 Å². The monoisotopic (exact) mass is 501 g/mol. The fraction of sp³-hybridized carbons (Fsp3) is 0. The molecule has 0 amide bonds. The van der Waals surface area contributed by atoms with Crippen molar-refractivity contribution < 1.29 is 27.3 Å². The van der Waals surface area contributed by atoms with Crippen molar-refractivity contribution in [3.05, 3.63) is 89.8 Å². The molecule has 0 fully saturated rings. The van der Waals surface area contributed by atoms with Gasteiger partial charge in [0.15, 0.2) is 0 Å². The number of nitrogens with one attached hydrogen (secondary N) is 2. The molecule has 0 spiro atoms. The van der Waals surface area contributed by atoms with Crippen LogP contribution >= 0.6 is 0 Å². The molecule has 0 saturated heterocycles. The first-order valence-corrected chi connectivity index (χ1v) is 9.77. The van der Waals surface area contributed by atoms with Gasteiger partial charge in [0.05, 0.1) is 22.8 Å². The fourth-order valence-corrected chi connectivity index (χ4v) is 3.79. The topological polar surface area (TPSA) is 70.2 Å². The van der Waals surface area contributed by atoms with Gasteiger partial charge in [-0.25, -0.2) is 9.97 Å². The summed E-state index contributed by atoms with van der Waals surface area (Å²) >= 11 is 0. The molecule has 0 saturated carbocycles. The number of rotatable bonds is 1. The van der Waals surface area contributed by atoms with E-state index < -0.39 is 0 Å². The molecule has 0 atom stereocenters. The Bertz CT molecular complexity index is 1490. The Morgan fingerprint density at radius 2 is 1.10 bits per heavy atom. The molecular formula is C25H17CdN5. The normalized spacial score (nSPS) is 12.0. The van der Waals surface area contributed by atoms with Crippen LogP contribution in [0.25, 0.3) is 57.5 Å². The van der Waals surface area contributed by atoms with E-state index in [4.69, 9.17) is 9.97 Å². The summed E-state index contributed by atoms with van der Waals surface area (Å²) in [5, 5.41) is 0. The molecule has 2 N–H and O–H groups in total. The van der Waals surface area contributed by atoms with E-state index in [-0.39, 0.29) is 27.3 Å². The van der Waals surface area contributed by atoms with Crippen LogP contribution in [0.15, 0.2) is 67.0 Å². The first-order valence-electron chi connectivity index (χ1n) is 9.77. The molecule has 6 heterocycles. The van der Waals surface area contributed by atoms with Gasteiger partial charge in [-0.15, -0.1) is 0 Å². The maximum absolute atomic E-state index is 4.76. The Hall–Kier alpha value is -3.33. The molecule has 0 radical (unpaired) electrons. The Kier molecular flexibility index (Phi) is 5.11. The second-order valence-electron chi connectivity index (χ2n) is 7.32. The molecule has 144 valence electrons. The summed E-state index contributed by atoms with van der Waals surface area (Å²) in [6.07, 6.45) is 11.7. The number of H-pyrrole nitrogens is 2. The zero-order valence-corrected chi connectivity index (χ0v) is 20.7. The third kappa shape index (κ3) is 4.00. The van der Waals surface area contributed by atoms with E-state index >= 15 is 0 Å². The zero-order chi connectivity index (χ0) is 19.9. The molecule has 6 heteroatoms. The number of hydrogen-bond donors (Lipinski definition) is 2. The summed E-state index contributed by atoms with van der Waals surface area (Å²) in [5.41, 5.74) is 9.88. The standard InChI is InChI=1S/C25H17N5.Cd/c1-2-18-12-20-5-6-22(29-20)15-25-24(16-7-9-26-10-8-16)14-23(30-25)13-21-4-3-19(28-21)11-17(1)27-18;/h1-15,27,30H;. The fourth-order valence-electron chi connectivity index (χ4n) is 3.79. The minimum atomic E-state index is 0. The van der Waals surface area contributed by atoms with Gasteiger partial charge in [-0.1, -0.05) is 0 Å². The quantitative estimate of drug-likeness (QED) is 0.284. The number of aromatic amines is 2. The van der Waals surface area contributed by atoms with Crippen molar-refractivity contribution in [2.24, 2.45) is 0 Å². The molecule has 31 heavy (non-hydrogen) atoms. The second-order valence-corrected chi connectivity index (χ2v) is 7.32. The minimum absolute atomic E-state index is 0. The first kappa shape index (κ1) is 19.6. The van der Waals surface area contributed by atoms with E-state index in [1.807, 2.05) is 61.0 Å². The summed E-state index contributed by atoms with van der Waals surface area (Å²) < 4.78 is 0. The molecular weight excluding hydrogens is 483 g/mol. The maximum Gasteiger partial charge on any atom is 0.0658 e. The van der Waals surface area contributed by atoms with Crippen molar-refractivity contribution in [1.82, 2.24) is 24.9 Å². The van der Waals surface area contributed by atoms with Crippen LogP contribution < -0.4 is 0 Å². The van der Waals surface area contributed by atoms with Crippen LogP contribution in [0, 0.1) is 0 Å². The molecule has 8 bridgehead atoms. The van der Waals surface area contributed by atoms with E-state index in [2.05, 4.69) is 45.3 Å². The van der Waals surface area contributed by atoms with Crippen molar-refractivity contribution in [3.8, 4) is 11.1 Å². The molecule has 2 aliphatic rings. The van der Waals surface area contributed by atoms with Crippen LogP contribution in [-0.2, 0) is 27.3 Å². The van der Waals surface area contributed by atoms with Crippen LogP contribution in [-0.4, -0.2) is 24.9 Å². The Labute approximate surface area is 198 Å². The van der Waals surface area contributed by atoms with Crippen molar-refractivity contribution in [2.45, 2.75) is 0 Å². The Balaban J connectivity index is 0.00000204. The number of nitrogens with zero attached hydrogens (tertiary/aromatic N) is 3. The van der Waals surface area contributed by atoms with Crippen molar-refractivity contribution in [2.75, 3.05) is 0 Å². The first-order chi connectivity index (χ1) is 14.8. The SMILES string of the molecule is C1=Cc2cc3cc(-c4ccncc4)c(cc4nc(cc5ccc(cc1n2)[nH]5)C=C4)[nH]3.[Cd]. The molecule has 0 aromatic carbocycles. The smallest absolute Gasteiger partial charge is 0.0658 e. The third-order valence-electron chi connectivity index (χ3n) is 5.16. The second kappa shape index (κ2) is 8.07. The number of hydrogen-bond acceptors (Lipinski definition) is 3. The number of fused-ring (bicyclic) bond motifs is 8. The number of aromatic nitrogens is 5. The van der Waals surface area contributed by atoms with Crippen molar-refractivity contribution in [3.63, 3.8) is 0 Å². The van der Waals surface area contributed by atoms with Crippen LogP contribution in [0.5, 0.6) is 0 Å². The molecule has 5 nitrogen and oxygen atoms in total. The summed E-state index contributed by atoms with van der Waals surface area (Å²) in [7, 11) is 0. The third-order valence-corrected chi connectivity index (χ3v) is 5.16. The van der Waals surface area contributed by atoms with Gasteiger partial charge in [-0.05, 0) is 84.5 Å². The van der Waals surface area contributed by atoms with Crippen molar-refractivity contribution in [1.29, 1.82) is 0 Å². The van der Waals surface area contributed by atoms with E-state index in [0.29, 0.717) is 0 Å². The predicted molar refractivity (Wildman–Crippen MR) is 122 cm³/mol. The Morgan fingerprint density at radius 1 is 0.548 bits per heavy atom. The molecule has 2 aliphatic heterocycles. The van der Waals surface area contributed by atoms with Gasteiger partial charge in [-0.3, -0.25) is 4.98 Å². The van der Waals surface area contributed by atoms with E-state index in [1.54, 1.807) is 0 Å². The van der Waals surface area contributed by atoms with E-state index in [9.17, 15) is 0 Å². The van der Waals surface area contributed by atoms with Gasteiger partial charge in [0.2, 0.25) is 0 Å². The summed E-state index contributed by atoms with van der Waals surface area (Å²) in [4.78, 5) is 20.6. The zero-order valence-electron chi connectivity index (χ0n) is 16.7. The summed E-state index contributed by atoms with van der Waals surface area (Å²) in [5.74, 6) is 0. The van der Waals surface area contributed by atoms with Gasteiger partial charge in [0.25, 0.3) is 0 Å². The largest absolute Gasteiger partial charge is 0.355 e. The Morgan fingerprint density at radius 3 is 1.71 bits per heavy atom. The average Bonchev–Trinajstić information content (AvgIpc) is 3.53. The number of pyridine rings is 1. The predicted octanol–water partition coefficient (Wildman–Crippen LogP) is 5.72. The van der Waals surface area contributed by atoms with E-state index in [0.717, 1.165) is 56.0 Å². The minimum Gasteiger partial charge on any atom is -0.355 e. The summed E-state index contributed by atoms with van der Waals surface area (Å²) in [6.45, 7) is 0. The van der Waals surface area contributed by atoms with Crippen LogP contribution in [0.2, 0.25) is 0 Å². The van der Waals surface area contributed by atoms with Gasteiger partial charge >= 0.3 is 0 Å². The van der Waals surface area contributed by atoms with Gasteiger partial charge in [0, 0.05) is 67.3 Å². The average molecular weight is 500 g/mol. The molecule has 6 rings (SSSR count).